The number of imide groups is 1. The highest BCUT2D eigenvalue weighted by Crippen LogP contribution is 2.52. The zero-order valence-corrected chi connectivity index (χ0v) is 17.7. The molecule has 31 heavy (non-hydrogen) atoms. The Morgan fingerprint density at radius 1 is 1.13 bits per heavy atom. The maximum Gasteiger partial charge on any atom is 0.233 e. The predicted molar refractivity (Wildman–Crippen MR) is 118 cm³/mol. The normalized spacial score (nSPS) is 26.9. The van der Waals surface area contributed by atoms with Crippen molar-refractivity contribution in [1.82, 2.24) is 15.5 Å². The number of nitrogens with one attached hydrogen (secondary N) is 2. The van der Waals surface area contributed by atoms with Gasteiger partial charge in [-0.15, -0.1) is 0 Å². The van der Waals surface area contributed by atoms with Crippen LogP contribution in [0.1, 0.15) is 19.1 Å². The van der Waals surface area contributed by atoms with Gasteiger partial charge in [-0.05, 0) is 37.3 Å². The summed E-state index contributed by atoms with van der Waals surface area (Å²) >= 11 is 0. The van der Waals surface area contributed by atoms with Crippen LogP contribution in [0.4, 0.5) is 0 Å². The van der Waals surface area contributed by atoms with Gasteiger partial charge in [0.2, 0.25) is 11.8 Å². The van der Waals surface area contributed by atoms with Crippen molar-refractivity contribution in [2.24, 2.45) is 28.7 Å². The fourth-order valence-electron chi connectivity index (χ4n) is 5.25. The molecule has 7 heteroatoms. The molecule has 5 rings (SSSR count). The lowest BCUT2D eigenvalue weighted by Crippen LogP contribution is -2.43. The van der Waals surface area contributed by atoms with Crippen LogP contribution in [0.3, 0.4) is 0 Å². The van der Waals surface area contributed by atoms with E-state index in [4.69, 9.17) is 4.42 Å². The Bertz CT molecular complexity index is 993. The third-order valence-electron chi connectivity index (χ3n) is 6.64. The van der Waals surface area contributed by atoms with Crippen molar-refractivity contribution in [3.8, 4) is 0 Å². The predicted octanol–water partition coefficient (Wildman–Crippen LogP) is 2.34. The number of rotatable bonds is 7. The number of para-hydroxylation sites is 1. The first-order chi connectivity index (χ1) is 15.2. The second-order valence-corrected chi connectivity index (χ2v) is 8.52. The minimum absolute atomic E-state index is 0.000440. The number of aliphatic imine (C=N–C) groups is 1. The summed E-state index contributed by atoms with van der Waals surface area (Å²) in [5.41, 5.74) is 0.889. The third kappa shape index (κ3) is 3.62. The molecule has 2 bridgehead atoms. The Balaban J connectivity index is 1.14. The number of amides is 2. The Morgan fingerprint density at radius 3 is 2.58 bits per heavy atom. The maximum atomic E-state index is 12.8. The van der Waals surface area contributed by atoms with Crippen LogP contribution in [0.25, 0.3) is 11.0 Å². The van der Waals surface area contributed by atoms with Gasteiger partial charge < -0.3 is 15.1 Å². The molecule has 7 nitrogen and oxygen atoms in total. The van der Waals surface area contributed by atoms with Crippen molar-refractivity contribution in [3.05, 3.63) is 48.2 Å². The van der Waals surface area contributed by atoms with E-state index in [1.165, 1.54) is 4.90 Å². The van der Waals surface area contributed by atoms with E-state index in [1.54, 1.807) is 0 Å². The summed E-state index contributed by atoms with van der Waals surface area (Å²) in [6.45, 7) is 4.18. The van der Waals surface area contributed by atoms with Crippen molar-refractivity contribution < 1.29 is 14.0 Å². The van der Waals surface area contributed by atoms with E-state index < -0.39 is 0 Å². The molecule has 2 aromatic rings. The molecule has 4 atom stereocenters. The average molecular weight is 421 g/mol. The zero-order chi connectivity index (χ0) is 21.4. The van der Waals surface area contributed by atoms with E-state index in [1.807, 2.05) is 31.2 Å². The number of allylic oxidation sites excluding steroid dienone is 2. The van der Waals surface area contributed by atoms with Crippen LogP contribution in [0.2, 0.25) is 0 Å². The van der Waals surface area contributed by atoms with E-state index in [2.05, 4.69) is 33.8 Å². The van der Waals surface area contributed by atoms with Gasteiger partial charge in [0.25, 0.3) is 0 Å². The highest BCUT2D eigenvalue weighted by atomic mass is 16.3. The standard InChI is InChI=1S/C24H28N4O3/c1-2-25-24(26-10-9-18-14-15-5-3-4-6-19(15)31-18)27-11-12-28-22(29)20-16-7-8-17(13-16)21(20)23(28)30/h3-8,14,16-17,20-21H,2,9-13H2,1H3,(H2,25,26,27). The number of carbonyl (C=O) groups is 2. The van der Waals surface area contributed by atoms with Crippen LogP contribution in [0, 0.1) is 23.7 Å². The summed E-state index contributed by atoms with van der Waals surface area (Å²) < 4.78 is 5.84. The molecule has 1 aromatic heterocycles. The first-order valence-electron chi connectivity index (χ1n) is 11.2. The lowest BCUT2D eigenvalue weighted by atomic mass is 9.85. The van der Waals surface area contributed by atoms with Crippen LogP contribution in [-0.2, 0) is 16.0 Å². The largest absolute Gasteiger partial charge is 0.461 e. The number of fused-ring (bicyclic) bond motifs is 6. The molecule has 0 spiro atoms. The van der Waals surface area contributed by atoms with Gasteiger partial charge in [0.15, 0.2) is 5.96 Å². The second kappa shape index (κ2) is 8.21. The molecule has 1 saturated heterocycles. The van der Waals surface area contributed by atoms with Gasteiger partial charge in [-0.1, -0.05) is 30.4 Å². The number of carbonyl (C=O) groups excluding carboxylic acids is 2. The number of hydrogen-bond donors (Lipinski definition) is 2. The molecule has 3 aliphatic rings. The van der Waals surface area contributed by atoms with E-state index in [0.717, 1.165) is 29.7 Å². The van der Waals surface area contributed by atoms with E-state index in [0.29, 0.717) is 32.0 Å². The van der Waals surface area contributed by atoms with Crippen LogP contribution >= 0.6 is 0 Å². The van der Waals surface area contributed by atoms with Crippen molar-refractivity contribution in [2.45, 2.75) is 19.8 Å². The van der Waals surface area contributed by atoms with Crippen molar-refractivity contribution >= 4 is 28.7 Å². The third-order valence-corrected chi connectivity index (χ3v) is 6.64. The molecule has 2 N–H and O–H groups in total. The molecule has 1 saturated carbocycles. The van der Waals surface area contributed by atoms with Crippen molar-refractivity contribution in [1.29, 1.82) is 0 Å². The van der Waals surface area contributed by atoms with Gasteiger partial charge >= 0.3 is 0 Å². The molecule has 1 aromatic carbocycles. The monoisotopic (exact) mass is 420 g/mol. The quantitative estimate of drug-likeness (QED) is 0.311. The van der Waals surface area contributed by atoms with Gasteiger partial charge in [-0.3, -0.25) is 19.5 Å². The summed E-state index contributed by atoms with van der Waals surface area (Å²) in [6.07, 6.45) is 5.91. The van der Waals surface area contributed by atoms with Crippen LogP contribution in [0.5, 0.6) is 0 Å². The summed E-state index contributed by atoms with van der Waals surface area (Å²) in [6, 6.07) is 10.0. The maximum absolute atomic E-state index is 12.8. The van der Waals surface area contributed by atoms with Crippen LogP contribution in [0.15, 0.2) is 51.9 Å². The van der Waals surface area contributed by atoms with Gasteiger partial charge in [0.1, 0.15) is 11.3 Å². The fourth-order valence-corrected chi connectivity index (χ4v) is 5.25. The van der Waals surface area contributed by atoms with E-state index in [9.17, 15) is 9.59 Å². The number of benzene rings is 1. The number of hydrogen-bond acceptors (Lipinski definition) is 4. The molecule has 4 unspecified atom stereocenters. The second-order valence-electron chi connectivity index (χ2n) is 8.52. The van der Waals surface area contributed by atoms with Crippen LogP contribution < -0.4 is 10.6 Å². The summed E-state index contributed by atoms with van der Waals surface area (Å²) in [4.78, 5) is 31.6. The lowest BCUT2D eigenvalue weighted by molar-refractivity contribution is -0.140. The molecule has 2 fully saturated rings. The fraction of sp³-hybridized carbons (Fsp3) is 0.458. The summed E-state index contributed by atoms with van der Waals surface area (Å²) in [5.74, 6) is 1.83. The first kappa shape index (κ1) is 19.8. The van der Waals surface area contributed by atoms with Crippen molar-refractivity contribution in [3.63, 3.8) is 0 Å². The zero-order valence-electron chi connectivity index (χ0n) is 17.7. The minimum atomic E-state index is -0.131. The molecule has 0 radical (unpaired) electrons. The average Bonchev–Trinajstić information content (AvgIpc) is 3.52. The molecule has 2 heterocycles. The Hall–Kier alpha value is -3.09. The van der Waals surface area contributed by atoms with Gasteiger partial charge in [-0.25, -0.2) is 0 Å². The number of likely N-dealkylation sites (tertiary alicyclic amines) is 1. The SMILES string of the molecule is CCNC(=NCCc1cc2ccccc2o1)NCCN1C(=O)C2C3C=CC(C3)C2C1=O. The molecular formula is C24H28N4O3. The number of nitrogens with zero attached hydrogens (tertiary/aromatic N) is 2. The molecule has 2 amide bonds. The summed E-state index contributed by atoms with van der Waals surface area (Å²) in [5, 5.41) is 7.57. The minimum Gasteiger partial charge on any atom is -0.461 e. The van der Waals surface area contributed by atoms with Crippen LogP contribution in [-0.4, -0.2) is 48.9 Å². The highest BCUT2D eigenvalue weighted by Gasteiger charge is 2.58. The Morgan fingerprint density at radius 2 is 1.87 bits per heavy atom. The summed E-state index contributed by atoms with van der Waals surface area (Å²) in [7, 11) is 0. The lowest BCUT2D eigenvalue weighted by Gasteiger charge is -2.18. The molecular weight excluding hydrogens is 392 g/mol. The topological polar surface area (TPSA) is 86.9 Å². The number of furan rings is 1. The molecule has 1 aliphatic heterocycles. The van der Waals surface area contributed by atoms with E-state index in [-0.39, 0.29) is 35.5 Å². The Kier molecular flexibility index (Phi) is 5.26. The molecule has 162 valence electrons. The highest BCUT2D eigenvalue weighted by molar-refractivity contribution is 6.06. The van der Waals surface area contributed by atoms with Crippen molar-refractivity contribution in [2.75, 3.05) is 26.2 Å². The van der Waals surface area contributed by atoms with E-state index >= 15 is 0 Å². The van der Waals surface area contributed by atoms with Gasteiger partial charge in [0.05, 0.1) is 11.8 Å². The Labute approximate surface area is 181 Å². The smallest absolute Gasteiger partial charge is 0.233 e. The molecule has 2 aliphatic carbocycles. The first-order valence-corrected chi connectivity index (χ1v) is 11.2. The van der Waals surface area contributed by atoms with Gasteiger partial charge in [-0.2, -0.15) is 0 Å². The number of guanidine groups is 1. The van der Waals surface area contributed by atoms with Gasteiger partial charge in [0, 0.05) is 38.0 Å².